The van der Waals surface area contributed by atoms with Gasteiger partial charge in [0.05, 0.1) is 12.6 Å². The van der Waals surface area contributed by atoms with Gasteiger partial charge in [-0.25, -0.2) is 0 Å². The second-order valence-corrected chi connectivity index (χ2v) is 4.78. The second kappa shape index (κ2) is 5.95. The molecule has 0 bridgehead atoms. The fourth-order valence-electron chi connectivity index (χ4n) is 2.41. The fraction of sp³-hybridized carbons (Fsp3) is 0.429. The molecule has 5 heteroatoms. The zero-order valence-electron chi connectivity index (χ0n) is 11.0. The number of benzene rings is 1. The van der Waals surface area contributed by atoms with Crippen molar-refractivity contribution in [3.05, 3.63) is 35.9 Å². The molecule has 1 aliphatic rings. The maximum absolute atomic E-state index is 11.7. The second-order valence-electron chi connectivity index (χ2n) is 4.78. The molecule has 3 N–H and O–H groups in total. The van der Waals surface area contributed by atoms with Crippen molar-refractivity contribution in [2.24, 2.45) is 5.73 Å². The Morgan fingerprint density at radius 1 is 1.37 bits per heavy atom. The molecule has 5 nitrogen and oxygen atoms in total. The monoisotopic (exact) mass is 261 g/mol. The fourth-order valence-corrected chi connectivity index (χ4v) is 2.41. The molecule has 1 aromatic rings. The lowest BCUT2D eigenvalue weighted by molar-refractivity contribution is -0.140. The molecule has 0 saturated carbocycles. The Kier molecular flexibility index (Phi) is 4.29. The largest absolute Gasteiger partial charge is 0.323 e. The molecular weight excluding hydrogens is 242 g/mol. The number of amides is 2. The number of carbonyl (C=O) groups excluding carboxylic acids is 2. The Morgan fingerprint density at radius 3 is 2.68 bits per heavy atom. The van der Waals surface area contributed by atoms with Crippen molar-refractivity contribution < 1.29 is 9.59 Å². The molecule has 0 aromatic heterocycles. The first-order valence-electron chi connectivity index (χ1n) is 6.50. The van der Waals surface area contributed by atoms with Gasteiger partial charge in [0.2, 0.25) is 11.8 Å². The van der Waals surface area contributed by atoms with Gasteiger partial charge in [0.1, 0.15) is 0 Å². The summed E-state index contributed by atoms with van der Waals surface area (Å²) in [6.07, 6.45) is 0.667. The lowest BCUT2D eigenvalue weighted by Gasteiger charge is -2.34. The molecule has 0 spiro atoms. The van der Waals surface area contributed by atoms with Crippen molar-refractivity contribution in [2.45, 2.75) is 25.4 Å². The highest BCUT2D eigenvalue weighted by molar-refractivity contribution is 6.01. The van der Waals surface area contributed by atoms with E-state index in [0.29, 0.717) is 13.0 Å². The summed E-state index contributed by atoms with van der Waals surface area (Å²) in [7, 11) is 0. The van der Waals surface area contributed by atoms with E-state index < -0.39 is 0 Å². The van der Waals surface area contributed by atoms with Crippen molar-refractivity contribution in [3.63, 3.8) is 0 Å². The van der Waals surface area contributed by atoms with Crippen LogP contribution in [-0.4, -0.2) is 35.8 Å². The predicted molar refractivity (Wildman–Crippen MR) is 72.2 cm³/mol. The average molecular weight is 261 g/mol. The van der Waals surface area contributed by atoms with E-state index in [1.54, 1.807) is 0 Å². The van der Waals surface area contributed by atoms with Crippen molar-refractivity contribution in [1.82, 2.24) is 10.2 Å². The van der Waals surface area contributed by atoms with Crippen LogP contribution in [-0.2, 0) is 9.59 Å². The topological polar surface area (TPSA) is 75.4 Å². The predicted octanol–water partition coefficient (Wildman–Crippen LogP) is 0.423. The van der Waals surface area contributed by atoms with Crippen molar-refractivity contribution in [2.75, 3.05) is 13.1 Å². The first-order valence-corrected chi connectivity index (χ1v) is 6.50. The first kappa shape index (κ1) is 13.7. The third-order valence-corrected chi connectivity index (χ3v) is 3.40. The van der Waals surface area contributed by atoms with Crippen LogP contribution < -0.4 is 11.1 Å². The normalized spacial score (nSPS) is 22.1. The summed E-state index contributed by atoms with van der Waals surface area (Å²) in [6.45, 7) is 2.66. The van der Waals surface area contributed by atoms with Crippen molar-refractivity contribution >= 4 is 11.8 Å². The lowest BCUT2D eigenvalue weighted by Crippen LogP contribution is -2.58. The smallest absolute Gasteiger partial charge is 0.243 e. The van der Waals surface area contributed by atoms with Crippen LogP contribution >= 0.6 is 0 Å². The van der Waals surface area contributed by atoms with Gasteiger partial charge in [-0.15, -0.1) is 0 Å². The SMILES string of the molecule is CCC1C(=O)NC(=O)CN1CC(N)c1ccccc1. The van der Waals surface area contributed by atoms with Crippen LogP contribution in [0.3, 0.4) is 0 Å². The molecule has 2 amide bonds. The summed E-state index contributed by atoms with van der Waals surface area (Å²) in [5.74, 6) is -0.478. The van der Waals surface area contributed by atoms with Crippen LogP contribution in [0.2, 0.25) is 0 Å². The zero-order valence-corrected chi connectivity index (χ0v) is 11.0. The van der Waals surface area contributed by atoms with E-state index in [1.165, 1.54) is 0 Å². The maximum Gasteiger partial charge on any atom is 0.243 e. The molecular formula is C14H19N3O2. The summed E-state index contributed by atoms with van der Waals surface area (Å²) in [5.41, 5.74) is 7.16. The summed E-state index contributed by atoms with van der Waals surface area (Å²) in [6, 6.07) is 9.24. The summed E-state index contributed by atoms with van der Waals surface area (Å²) in [4.78, 5) is 25.1. The molecule has 1 fully saturated rings. The van der Waals surface area contributed by atoms with Gasteiger partial charge in [0, 0.05) is 12.6 Å². The van der Waals surface area contributed by atoms with Crippen LogP contribution in [0.25, 0.3) is 0 Å². The first-order chi connectivity index (χ1) is 9.11. The Labute approximate surface area is 112 Å². The quantitative estimate of drug-likeness (QED) is 0.770. The minimum Gasteiger partial charge on any atom is -0.323 e. The Balaban J connectivity index is 2.07. The van der Waals surface area contributed by atoms with E-state index >= 15 is 0 Å². The van der Waals surface area contributed by atoms with Crippen molar-refractivity contribution in [3.8, 4) is 0 Å². The molecule has 0 radical (unpaired) electrons. The minimum absolute atomic E-state index is 0.200. The number of nitrogens with zero attached hydrogens (tertiary/aromatic N) is 1. The lowest BCUT2D eigenvalue weighted by atomic mass is 10.0. The van der Waals surface area contributed by atoms with Crippen LogP contribution in [0.15, 0.2) is 30.3 Å². The number of imide groups is 1. The van der Waals surface area contributed by atoms with E-state index in [9.17, 15) is 9.59 Å². The van der Waals surface area contributed by atoms with Gasteiger partial charge in [-0.2, -0.15) is 0 Å². The molecule has 0 aliphatic carbocycles. The molecule has 19 heavy (non-hydrogen) atoms. The van der Waals surface area contributed by atoms with Crippen LogP contribution in [0.5, 0.6) is 0 Å². The third kappa shape index (κ3) is 3.19. The molecule has 2 unspecified atom stereocenters. The van der Waals surface area contributed by atoms with Crippen LogP contribution in [0.1, 0.15) is 24.9 Å². The summed E-state index contributed by atoms with van der Waals surface area (Å²) < 4.78 is 0. The van der Waals surface area contributed by atoms with Gasteiger partial charge in [0.15, 0.2) is 0 Å². The highest BCUT2D eigenvalue weighted by atomic mass is 16.2. The molecule has 2 rings (SSSR count). The summed E-state index contributed by atoms with van der Waals surface area (Å²) in [5, 5.41) is 2.36. The van der Waals surface area contributed by atoms with Gasteiger partial charge < -0.3 is 5.73 Å². The average Bonchev–Trinajstić information content (AvgIpc) is 2.39. The Bertz CT molecular complexity index is 461. The van der Waals surface area contributed by atoms with Crippen molar-refractivity contribution in [1.29, 1.82) is 0 Å². The molecule has 1 aromatic carbocycles. The number of piperazine rings is 1. The van der Waals surface area contributed by atoms with Gasteiger partial charge in [-0.1, -0.05) is 37.3 Å². The maximum atomic E-state index is 11.7. The molecule has 1 aliphatic heterocycles. The Hall–Kier alpha value is -1.72. The van der Waals surface area contributed by atoms with Gasteiger partial charge in [-0.3, -0.25) is 19.8 Å². The van der Waals surface area contributed by atoms with E-state index in [0.717, 1.165) is 5.56 Å². The standard InChI is InChI=1S/C14H19N3O2/c1-2-12-14(19)16-13(18)9-17(12)8-11(15)10-6-4-3-5-7-10/h3-7,11-12H,2,8-9,15H2,1H3,(H,16,18,19). The molecule has 102 valence electrons. The van der Waals surface area contributed by atoms with E-state index in [-0.39, 0.29) is 30.4 Å². The van der Waals surface area contributed by atoms with E-state index in [2.05, 4.69) is 5.32 Å². The molecule has 1 saturated heterocycles. The molecule has 1 heterocycles. The van der Waals surface area contributed by atoms with Gasteiger partial charge in [-0.05, 0) is 12.0 Å². The van der Waals surface area contributed by atoms with E-state index in [4.69, 9.17) is 5.73 Å². The molecule has 2 atom stereocenters. The third-order valence-electron chi connectivity index (χ3n) is 3.40. The van der Waals surface area contributed by atoms with Crippen LogP contribution in [0, 0.1) is 0 Å². The highest BCUT2D eigenvalue weighted by Crippen LogP contribution is 2.16. The number of nitrogens with one attached hydrogen (secondary N) is 1. The number of nitrogens with two attached hydrogens (primary N) is 1. The minimum atomic E-state index is -0.271. The Morgan fingerprint density at radius 2 is 2.05 bits per heavy atom. The van der Waals surface area contributed by atoms with E-state index in [1.807, 2.05) is 42.2 Å². The zero-order chi connectivity index (χ0) is 13.8. The highest BCUT2D eigenvalue weighted by Gasteiger charge is 2.33. The van der Waals surface area contributed by atoms with Gasteiger partial charge in [0.25, 0.3) is 0 Å². The number of hydrogen-bond donors (Lipinski definition) is 2. The van der Waals surface area contributed by atoms with Gasteiger partial charge >= 0.3 is 0 Å². The summed E-state index contributed by atoms with van der Waals surface area (Å²) >= 11 is 0. The number of carbonyl (C=O) groups is 2. The number of hydrogen-bond acceptors (Lipinski definition) is 4. The number of rotatable bonds is 4. The van der Waals surface area contributed by atoms with Crippen LogP contribution in [0.4, 0.5) is 0 Å².